The summed E-state index contributed by atoms with van der Waals surface area (Å²) in [5.41, 5.74) is 16.7. The molecule has 2 fully saturated rings. The highest BCUT2D eigenvalue weighted by atomic mass is 16.4. The van der Waals surface area contributed by atoms with E-state index in [-0.39, 0.29) is 23.7 Å². The smallest absolute Gasteiger partial charge is 0.326 e. The molecule has 2 aliphatic heterocycles. The second kappa shape index (κ2) is 12.5. The second-order valence-corrected chi connectivity index (χ2v) is 9.46. The van der Waals surface area contributed by atoms with Crippen LogP contribution in [0.25, 0.3) is 0 Å². The Labute approximate surface area is 200 Å². The Kier molecular flexibility index (Phi) is 10.1. The molecular formula is C22H39N7O5. The van der Waals surface area contributed by atoms with Crippen LogP contribution in [0.15, 0.2) is 4.99 Å². The van der Waals surface area contributed by atoms with Gasteiger partial charge in [0.15, 0.2) is 5.96 Å². The number of hydrogen-bond acceptors (Lipinski definition) is 6. The minimum Gasteiger partial charge on any atom is -0.480 e. The fourth-order valence-corrected chi connectivity index (χ4v) is 4.61. The maximum Gasteiger partial charge on any atom is 0.326 e. The molecule has 0 aliphatic carbocycles. The number of guanidine groups is 1. The van der Waals surface area contributed by atoms with E-state index >= 15 is 0 Å². The molecule has 0 bridgehead atoms. The third-order valence-corrected chi connectivity index (χ3v) is 6.27. The number of carboxylic acids is 1. The molecule has 12 nitrogen and oxygen atoms in total. The van der Waals surface area contributed by atoms with Gasteiger partial charge in [-0.3, -0.25) is 19.4 Å². The van der Waals surface area contributed by atoms with E-state index in [4.69, 9.17) is 17.2 Å². The van der Waals surface area contributed by atoms with Crippen LogP contribution in [0.3, 0.4) is 0 Å². The quantitative estimate of drug-likeness (QED) is 0.140. The summed E-state index contributed by atoms with van der Waals surface area (Å²) < 4.78 is 0. The molecule has 0 radical (unpaired) electrons. The van der Waals surface area contributed by atoms with Gasteiger partial charge in [-0.2, -0.15) is 0 Å². The summed E-state index contributed by atoms with van der Waals surface area (Å²) in [4.78, 5) is 57.5. The summed E-state index contributed by atoms with van der Waals surface area (Å²) in [6.07, 6.45) is 3.41. The molecule has 0 aromatic heterocycles. The van der Waals surface area contributed by atoms with Crippen LogP contribution in [-0.4, -0.2) is 88.4 Å². The lowest BCUT2D eigenvalue weighted by Gasteiger charge is -2.31. The molecule has 0 spiro atoms. The fraction of sp³-hybridized carbons (Fsp3) is 0.773. The van der Waals surface area contributed by atoms with E-state index in [2.05, 4.69) is 10.3 Å². The van der Waals surface area contributed by atoms with Crippen molar-refractivity contribution in [2.75, 3.05) is 19.6 Å². The van der Waals surface area contributed by atoms with Crippen LogP contribution in [0.5, 0.6) is 0 Å². The van der Waals surface area contributed by atoms with Crippen molar-refractivity contribution in [2.45, 2.75) is 83.0 Å². The Hall–Kier alpha value is -2.89. The molecule has 0 saturated carbocycles. The van der Waals surface area contributed by atoms with E-state index in [1.54, 1.807) is 0 Å². The monoisotopic (exact) mass is 481 g/mol. The van der Waals surface area contributed by atoms with Crippen LogP contribution in [0.1, 0.15) is 58.8 Å². The van der Waals surface area contributed by atoms with E-state index in [9.17, 15) is 24.3 Å². The number of likely N-dealkylation sites (tertiary alicyclic amines) is 2. The largest absolute Gasteiger partial charge is 0.480 e. The van der Waals surface area contributed by atoms with Crippen LogP contribution >= 0.6 is 0 Å². The van der Waals surface area contributed by atoms with Crippen LogP contribution < -0.4 is 22.5 Å². The van der Waals surface area contributed by atoms with E-state index in [0.717, 1.165) is 0 Å². The van der Waals surface area contributed by atoms with Crippen LogP contribution in [0, 0.1) is 5.92 Å². The highest BCUT2D eigenvalue weighted by Gasteiger charge is 2.40. The fourth-order valence-electron chi connectivity index (χ4n) is 4.61. The van der Waals surface area contributed by atoms with Crippen molar-refractivity contribution in [1.82, 2.24) is 15.1 Å². The van der Waals surface area contributed by atoms with Crippen LogP contribution in [0.2, 0.25) is 0 Å². The van der Waals surface area contributed by atoms with Crippen molar-refractivity contribution < 1.29 is 24.3 Å². The number of nitrogens with zero attached hydrogens (tertiary/aromatic N) is 3. The average molecular weight is 482 g/mol. The summed E-state index contributed by atoms with van der Waals surface area (Å²) >= 11 is 0. The summed E-state index contributed by atoms with van der Waals surface area (Å²) in [7, 11) is 0. The van der Waals surface area contributed by atoms with Crippen LogP contribution in [-0.2, 0) is 19.2 Å². The Morgan fingerprint density at radius 3 is 2.18 bits per heavy atom. The zero-order chi connectivity index (χ0) is 25.4. The molecule has 4 unspecified atom stereocenters. The van der Waals surface area contributed by atoms with E-state index < -0.39 is 36.0 Å². The van der Waals surface area contributed by atoms with Gasteiger partial charge in [-0.1, -0.05) is 13.8 Å². The molecule has 2 rings (SSSR count). The van der Waals surface area contributed by atoms with Gasteiger partial charge in [0.1, 0.15) is 18.1 Å². The zero-order valence-corrected chi connectivity index (χ0v) is 20.1. The number of aliphatic imine (C=N–C) groups is 1. The third-order valence-electron chi connectivity index (χ3n) is 6.27. The minimum atomic E-state index is -1.04. The van der Waals surface area contributed by atoms with E-state index in [1.165, 1.54) is 9.80 Å². The standard InChI is InChI=1S/C22H39N7O5/c1-13(2)12-15(20(32)29-11-5-8-17(29)21(33)34)27-18(30)16-7-4-10-28(16)19(31)14(23)6-3-9-26-22(24)25/h13-17H,3-12,23H2,1-2H3,(H,27,30)(H,33,34)(H4,24,25,26). The number of hydrogen-bond donors (Lipinski definition) is 5. The van der Waals surface area contributed by atoms with Gasteiger partial charge in [0, 0.05) is 19.6 Å². The summed E-state index contributed by atoms with van der Waals surface area (Å²) in [6, 6.07) is -3.22. The van der Waals surface area contributed by atoms with E-state index in [1.807, 2.05) is 13.8 Å². The molecule has 4 atom stereocenters. The molecule has 2 saturated heterocycles. The summed E-state index contributed by atoms with van der Waals surface area (Å²) in [6.45, 7) is 4.98. The lowest BCUT2D eigenvalue weighted by atomic mass is 10.0. The molecule has 3 amide bonds. The Morgan fingerprint density at radius 1 is 1.03 bits per heavy atom. The maximum atomic E-state index is 13.2. The van der Waals surface area contributed by atoms with Gasteiger partial charge >= 0.3 is 5.97 Å². The van der Waals surface area contributed by atoms with Gasteiger partial charge in [-0.05, 0) is 50.9 Å². The van der Waals surface area contributed by atoms with Crippen molar-refractivity contribution in [1.29, 1.82) is 0 Å². The minimum absolute atomic E-state index is 0.0229. The topological polar surface area (TPSA) is 197 Å². The number of carboxylic acid groups (broad SMARTS) is 1. The normalized spacial score (nSPS) is 21.9. The molecule has 2 heterocycles. The highest BCUT2D eigenvalue weighted by Crippen LogP contribution is 2.22. The lowest BCUT2D eigenvalue weighted by molar-refractivity contribution is -0.150. The van der Waals surface area contributed by atoms with E-state index in [0.29, 0.717) is 64.6 Å². The lowest BCUT2D eigenvalue weighted by Crippen LogP contribution is -2.56. The van der Waals surface area contributed by atoms with Crippen molar-refractivity contribution in [3.05, 3.63) is 0 Å². The third kappa shape index (κ3) is 7.31. The van der Waals surface area contributed by atoms with Gasteiger partial charge in [-0.25, -0.2) is 4.79 Å². The zero-order valence-electron chi connectivity index (χ0n) is 20.1. The first-order valence-corrected chi connectivity index (χ1v) is 12.0. The van der Waals surface area contributed by atoms with Crippen molar-refractivity contribution in [2.24, 2.45) is 28.1 Å². The predicted molar refractivity (Wildman–Crippen MR) is 126 cm³/mol. The van der Waals surface area contributed by atoms with Crippen LogP contribution in [0.4, 0.5) is 0 Å². The highest BCUT2D eigenvalue weighted by molar-refractivity contribution is 5.94. The Balaban J connectivity index is 2.04. The van der Waals surface area contributed by atoms with Crippen molar-refractivity contribution in [3.8, 4) is 0 Å². The molecule has 192 valence electrons. The van der Waals surface area contributed by atoms with Crippen molar-refractivity contribution >= 4 is 29.7 Å². The van der Waals surface area contributed by atoms with Gasteiger partial charge < -0.3 is 37.4 Å². The number of nitrogens with two attached hydrogens (primary N) is 3. The number of rotatable bonds is 11. The first-order valence-electron chi connectivity index (χ1n) is 12.0. The van der Waals surface area contributed by atoms with Crippen molar-refractivity contribution in [3.63, 3.8) is 0 Å². The second-order valence-electron chi connectivity index (χ2n) is 9.46. The van der Waals surface area contributed by atoms with Gasteiger partial charge in [-0.15, -0.1) is 0 Å². The number of amides is 3. The maximum absolute atomic E-state index is 13.2. The number of carbonyl (C=O) groups excluding carboxylic acids is 3. The molecule has 2 aliphatic rings. The first kappa shape index (κ1) is 27.4. The van der Waals surface area contributed by atoms with Gasteiger partial charge in [0.05, 0.1) is 6.04 Å². The van der Waals surface area contributed by atoms with Gasteiger partial charge in [0.2, 0.25) is 17.7 Å². The summed E-state index contributed by atoms with van der Waals surface area (Å²) in [5, 5.41) is 12.3. The molecule has 8 N–H and O–H groups in total. The number of aliphatic carboxylic acids is 1. The number of carbonyl (C=O) groups is 4. The molecular weight excluding hydrogens is 442 g/mol. The number of nitrogens with one attached hydrogen (secondary N) is 1. The Morgan fingerprint density at radius 2 is 1.62 bits per heavy atom. The molecule has 0 aromatic rings. The molecule has 34 heavy (non-hydrogen) atoms. The first-order chi connectivity index (χ1) is 16.0. The predicted octanol–water partition coefficient (Wildman–Crippen LogP) is -1.04. The molecule has 0 aromatic carbocycles. The average Bonchev–Trinajstić information content (AvgIpc) is 3.44. The Bertz CT molecular complexity index is 784. The molecule has 12 heteroatoms. The van der Waals surface area contributed by atoms with Gasteiger partial charge in [0.25, 0.3) is 0 Å². The summed E-state index contributed by atoms with van der Waals surface area (Å²) in [5.74, 6) is -2.09. The SMILES string of the molecule is CC(C)CC(NC(=O)C1CCCN1C(=O)C(N)CCCN=C(N)N)C(=O)N1CCCC1C(=O)O.